The van der Waals surface area contributed by atoms with Gasteiger partial charge in [-0.05, 0) is 30.4 Å². The number of hydrogen-bond acceptors (Lipinski definition) is 3. The summed E-state index contributed by atoms with van der Waals surface area (Å²) in [5.74, 6) is 0. The SMILES string of the molecule is Cc1n[nH]c(C)c1S(=O)(=O)NCc1ccc(C(C)(C)C)cc1. The summed E-state index contributed by atoms with van der Waals surface area (Å²) in [6, 6.07) is 7.99. The standard InChI is InChI=1S/C16H23N3O2S/c1-11-15(12(2)19-18-11)22(20,21)17-10-13-6-8-14(9-7-13)16(3,4)5/h6-9,17H,10H2,1-5H3,(H,18,19). The number of benzene rings is 1. The number of aromatic amines is 1. The highest BCUT2D eigenvalue weighted by Crippen LogP contribution is 2.22. The highest BCUT2D eigenvalue weighted by molar-refractivity contribution is 7.89. The largest absolute Gasteiger partial charge is 0.281 e. The fourth-order valence-electron chi connectivity index (χ4n) is 2.31. The van der Waals surface area contributed by atoms with Gasteiger partial charge in [-0.15, -0.1) is 0 Å². The quantitative estimate of drug-likeness (QED) is 0.909. The van der Waals surface area contributed by atoms with Gasteiger partial charge in [0.2, 0.25) is 10.0 Å². The number of H-pyrrole nitrogens is 1. The molecular formula is C16H23N3O2S. The molecule has 0 spiro atoms. The van der Waals surface area contributed by atoms with E-state index in [0.29, 0.717) is 11.4 Å². The molecule has 0 saturated carbocycles. The van der Waals surface area contributed by atoms with E-state index in [4.69, 9.17) is 0 Å². The van der Waals surface area contributed by atoms with Crippen molar-refractivity contribution < 1.29 is 8.42 Å². The molecule has 22 heavy (non-hydrogen) atoms. The van der Waals surface area contributed by atoms with Gasteiger partial charge in [-0.25, -0.2) is 13.1 Å². The van der Waals surface area contributed by atoms with Crippen LogP contribution in [0.3, 0.4) is 0 Å². The molecule has 0 aliphatic carbocycles. The Balaban J connectivity index is 2.13. The number of sulfonamides is 1. The van der Waals surface area contributed by atoms with E-state index < -0.39 is 10.0 Å². The molecule has 0 radical (unpaired) electrons. The molecule has 1 aromatic carbocycles. The van der Waals surface area contributed by atoms with Gasteiger partial charge in [0, 0.05) is 6.54 Å². The van der Waals surface area contributed by atoms with Crippen molar-refractivity contribution in [3.05, 3.63) is 46.8 Å². The smallest absolute Gasteiger partial charge is 0.244 e. The van der Waals surface area contributed by atoms with Crippen molar-refractivity contribution in [1.82, 2.24) is 14.9 Å². The highest BCUT2D eigenvalue weighted by atomic mass is 32.2. The molecule has 0 aliphatic rings. The molecule has 0 aliphatic heterocycles. The Bertz CT molecular complexity index is 734. The second-order valence-electron chi connectivity index (χ2n) is 6.53. The van der Waals surface area contributed by atoms with Crippen LogP contribution >= 0.6 is 0 Å². The predicted octanol–water partition coefficient (Wildman–Crippen LogP) is 2.80. The fraction of sp³-hybridized carbons (Fsp3) is 0.438. The topological polar surface area (TPSA) is 74.8 Å². The van der Waals surface area contributed by atoms with Crippen LogP contribution in [0.15, 0.2) is 29.2 Å². The van der Waals surface area contributed by atoms with Gasteiger partial charge < -0.3 is 0 Å². The molecule has 1 aromatic heterocycles. The molecule has 2 rings (SSSR count). The van der Waals surface area contributed by atoms with Gasteiger partial charge >= 0.3 is 0 Å². The van der Waals surface area contributed by atoms with E-state index in [9.17, 15) is 8.42 Å². The second-order valence-corrected chi connectivity index (χ2v) is 8.24. The van der Waals surface area contributed by atoms with E-state index in [0.717, 1.165) is 5.56 Å². The normalized spacial score (nSPS) is 12.6. The molecule has 2 N–H and O–H groups in total. The van der Waals surface area contributed by atoms with Gasteiger partial charge in [-0.1, -0.05) is 45.0 Å². The van der Waals surface area contributed by atoms with E-state index in [1.165, 1.54) is 5.56 Å². The van der Waals surface area contributed by atoms with E-state index in [1.807, 2.05) is 24.3 Å². The number of nitrogens with one attached hydrogen (secondary N) is 2. The van der Waals surface area contributed by atoms with E-state index in [-0.39, 0.29) is 16.9 Å². The van der Waals surface area contributed by atoms with Crippen LogP contribution in [0.25, 0.3) is 0 Å². The molecule has 6 heteroatoms. The number of nitrogens with zero attached hydrogens (tertiary/aromatic N) is 1. The zero-order chi connectivity index (χ0) is 16.5. The summed E-state index contributed by atoms with van der Waals surface area (Å²) in [5, 5.41) is 6.63. The third-order valence-electron chi connectivity index (χ3n) is 3.62. The summed E-state index contributed by atoms with van der Waals surface area (Å²) in [7, 11) is -3.56. The molecule has 1 heterocycles. The molecule has 0 unspecified atom stereocenters. The summed E-state index contributed by atoms with van der Waals surface area (Å²) < 4.78 is 27.4. The summed E-state index contributed by atoms with van der Waals surface area (Å²) >= 11 is 0. The second kappa shape index (κ2) is 5.85. The van der Waals surface area contributed by atoms with Crippen LogP contribution < -0.4 is 4.72 Å². The Labute approximate surface area is 132 Å². The van der Waals surface area contributed by atoms with Crippen LogP contribution in [0.2, 0.25) is 0 Å². The molecule has 0 fully saturated rings. The van der Waals surface area contributed by atoms with Gasteiger partial charge in [0.05, 0.1) is 11.4 Å². The van der Waals surface area contributed by atoms with E-state index in [1.54, 1.807) is 13.8 Å². The number of aromatic nitrogens is 2. The summed E-state index contributed by atoms with van der Waals surface area (Å²) in [6.07, 6.45) is 0. The lowest BCUT2D eigenvalue weighted by Crippen LogP contribution is -2.24. The van der Waals surface area contributed by atoms with E-state index in [2.05, 4.69) is 35.7 Å². The van der Waals surface area contributed by atoms with Gasteiger partial charge in [0.25, 0.3) is 0 Å². The maximum Gasteiger partial charge on any atom is 0.244 e. The van der Waals surface area contributed by atoms with Gasteiger partial charge in [0.1, 0.15) is 4.90 Å². The number of rotatable bonds is 4. The van der Waals surface area contributed by atoms with Crippen molar-refractivity contribution in [2.24, 2.45) is 0 Å². The first kappa shape index (κ1) is 16.7. The zero-order valence-electron chi connectivity index (χ0n) is 13.7. The first-order valence-corrected chi connectivity index (χ1v) is 8.70. The van der Waals surface area contributed by atoms with Crippen molar-refractivity contribution in [3.63, 3.8) is 0 Å². The molecule has 0 atom stereocenters. The molecule has 0 amide bonds. The Kier molecular flexibility index (Phi) is 4.44. The van der Waals surface area contributed by atoms with Gasteiger partial charge in [-0.3, -0.25) is 5.10 Å². The van der Waals surface area contributed by atoms with Crippen LogP contribution in [0.1, 0.15) is 43.3 Å². The molecule has 2 aromatic rings. The molecule has 0 saturated heterocycles. The number of hydrogen-bond donors (Lipinski definition) is 2. The maximum absolute atomic E-state index is 12.4. The third-order valence-corrected chi connectivity index (χ3v) is 5.28. The lowest BCUT2D eigenvalue weighted by molar-refractivity contribution is 0.579. The first-order valence-electron chi connectivity index (χ1n) is 7.22. The van der Waals surface area contributed by atoms with Gasteiger partial charge in [-0.2, -0.15) is 5.10 Å². The average molecular weight is 321 g/mol. The van der Waals surface area contributed by atoms with Crippen molar-refractivity contribution in [3.8, 4) is 0 Å². The van der Waals surface area contributed by atoms with Crippen molar-refractivity contribution >= 4 is 10.0 Å². The first-order chi connectivity index (χ1) is 10.1. The van der Waals surface area contributed by atoms with Crippen LogP contribution in [-0.4, -0.2) is 18.6 Å². The van der Waals surface area contributed by atoms with Crippen molar-refractivity contribution in [1.29, 1.82) is 0 Å². The lowest BCUT2D eigenvalue weighted by atomic mass is 9.87. The Morgan fingerprint density at radius 2 is 1.73 bits per heavy atom. The predicted molar refractivity (Wildman–Crippen MR) is 87.2 cm³/mol. The molecular weight excluding hydrogens is 298 g/mol. The highest BCUT2D eigenvalue weighted by Gasteiger charge is 2.21. The molecule has 0 bridgehead atoms. The summed E-state index contributed by atoms with van der Waals surface area (Å²) in [5.41, 5.74) is 3.26. The Morgan fingerprint density at radius 1 is 1.14 bits per heavy atom. The average Bonchev–Trinajstić information content (AvgIpc) is 2.76. The monoisotopic (exact) mass is 321 g/mol. The minimum absolute atomic E-state index is 0.0864. The van der Waals surface area contributed by atoms with Crippen molar-refractivity contribution in [2.75, 3.05) is 0 Å². The minimum atomic E-state index is -3.56. The zero-order valence-corrected chi connectivity index (χ0v) is 14.5. The van der Waals surface area contributed by atoms with Gasteiger partial charge in [0.15, 0.2) is 0 Å². The maximum atomic E-state index is 12.4. The Morgan fingerprint density at radius 3 is 2.18 bits per heavy atom. The van der Waals surface area contributed by atoms with Crippen molar-refractivity contribution in [2.45, 2.75) is 51.5 Å². The van der Waals surface area contributed by atoms with Crippen LogP contribution in [-0.2, 0) is 22.0 Å². The fourth-order valence-corrected chi connectivity index (χ4v) is 3.69. The van der Waals surface area contributed by atoms with Crippen LogP contribution in [0.5, 0.6) is 0 Å². The molecule has 5 nitrogen and oxygen atoms in total. The van der Waals surface area contributed by atoms with Crippen LogP contribution in [0, 0.1) is 13.8 Å². The summed E-state index contributed by atoms with van der Waals surface area (Å²) in [6.45, 7) is 10.1. The number of aryl methyl sites for hydroxylation is 2. The molecule has 120 valence electrons. The Hall–Kier alpha value is -1.66. The van der Waals surface area contributed by atoms with E-state index >= 15 is 0 Å². The summed E-state index contributed by atoms with van der Waals surface area (Å²) in [4.78, 5) is 0.235. The minimum Gasteiger partial charge on any atom is -0.281 e. The third kappa shape index (κ3) is 3.56. The lowest BCUT2D eigenvalue weighted by Gasteiger charge is -2.19. The van der Waals surface area contributed by atoms with Crippen LogP contribution in [0.4, 0.5) is 0 Å².